The Labute approximate surface area is 150 Å². The molecule has 0 aromatic carbocycles. The van der Waals surface area contributed by atoms with Gasteiger partial charge in [-0.2, -0.15) is 0 Å². The summed E-state index contributed by atoms with van der Waals surface area (Å²) < 4.78 is 5.25. The van der Waals surface area contributed by atoms with Gasteiger partial charge in [-0.1, -0.05) is 32.1 Å². The van der Waals surface area contributed by atoms with Gasteiger partial charge in [0.2, 0.25) is 5.91 Å². The highest BCUT2D eigenvalue weighted by Gasteiger charge is 2.25. The largest absolute Gasteiger partial charge is 0.395 e. The Balaban J connectivity index is 1.79. The van der Waals surface area contributed by atoms with Crippen LogP contribution in [0.2, 0.25) is 0 Å². The molecule has 1 atom stereocenters. The maximum Gasteiger partial charge on any atom is 0.318 e. The molecule has 1 aliphatic heterocycles. The fourth-order valence-corrected chi connectivity index (χ4v) is 3.65. The van der Waals surface area contributed by atoms with E-state index in [-0.39, 0.29) is 18.5 Å². The standard InChI is InChI=1S/C18H33N3O4/c1-15(17(23)20-10-13-25-14-11-20)19-18(24)21(9-12-22)8-7-16-5-3-2-4-6-16/h15-16,22H,2-14H2,1H3,(H,19,24). The highest BCUT2D eigenvalue weighted by Crippen LogP contribution is 2.26. The number of nitrogens with one attached hydrogen (secondary N) is 1. The molecule has 0 bridgehead atoms. The van der Waals surface area contributed by atoms with Gasteiger partial charge in [-0.3, -0.25) is 4.79 Å². The average molecular weight is 355 g/mol. The van der Waals surface area contributed by atoms with Gasteiger partial charge < -0.3 is 25.0 Å². The number of aliphatic hydroxyl groups is 1. The van der Waals surface area contributed by atoms with E-state index in [1.54, 1.807) is 16.7 Å². The molecular weight excluding hydrogens is 322 g/mol. The Morgan fingerprint density at radius 3 is 2.52 bits per heavy atom. The molecule has 3 amide bonds. The summed E-state index contributed by atoms with van der Waals surface area (Å²) in [5, 5.41) is 12.1. The van der Waals surface area contributed by atoms with Gasteiger partial charge in [-0.15, -0.1) is 0 Å². The number of hydrogen-bond acceptors (Lipinski definition) is 4. The van der Waals surface area contributed by atoms with Crippen LogP contribution in [0.3, 0.4) is 0 Å². The summed E-state index contributed by atoms with van der Waals surface area (Å²) in [7, 11) is 0. The van der Waals surface area contributed by atoms with Crippen LogP contribution in [-0.2, 0) is 9.53 Å². The zero-order valence-electron chi connectivity index (χ0n) is 15.4. The molecule has 0 aromatic rings. The van der Waals surface area contributed by atoms with E-state index in [0.717, 1.165) is 6.42 Å². The molecule has 0 spiro atoms. The lowest BCUT2D eigenvalue weighted by molar-refractivity contribution is -0.136. The minimum absolute atomic E-state index is 0.0656. The van der Waals surface area contributed by atoms with Gasteiger partial charge in [0.25, 0.3) is 0 Å². The number of ether oxygens (including phenoxy) is 1. The van der Waals surface area contributed by atoms with E-state index >= 15 is 0 Å². The van der Waals surface area contributed by atoms with Crippen molar-refractivity contribution in [2.75, 3.05) is 46.0 Å². The van der Waals surface area contributed by atoms with Crippen molar-refractivity contribution < 1.29 is 19.4 Å². The van der Waals surface area contributed by atoms with Crippen LogP contribution >= 0.6 is 0 Å². The predicted octanol–water partition coefficient (Wildman–Crippen LogP) is 1.21. The Bertz CT molecular complexity index is 421. The topological polar surface area (TPSA) is 82.1 Å². The summed E-state index contributed by atoms with van der Waals surface area (Å²) in [6, 6.07) is -0.833. The van der Waals surface area contributed by atoms with Crippen LogP contribution in [0.25, 0.3) is 0 Å². The maximum atomic E-state index is 12.5. The van der Waals surface area contributed by atoms with Crippen LogP contribution in [0.4, 0.5) is 4.79 Å². The van der Waals surface area contributed by atoms with Crippen molar-refractivity contribution in [3.05, 3.63) is 0 Å². The van der Waals surface area contributed by atoms with Crippen molar-refractivity contribution in [2.24, 2.45) is 5.92 Å². The Hall–Kier alpha value is -1.34. The van der Waals surface area contributed by atoms with Crippen LogP contribution < -0.4 is 5.32 Å². The third-order valence-corrected chi connectivity index (χ3v) is 5.22. The highest BCUT2D eigenvalue weighted by molar-refractivity contribution is 5.86. The fourth-order valence-electron chi connectivity index (χ4n) is 3.65. The lowest BCUT2D eigenvalue weighted by atomic mass is 9.87. The van der Waals surface area contributed by atoms with E-state index in [1.807, 2.05) is 0 Å². The number of rotatable bonds is 7. The third-order valence-electron chi connectivity index (χ3n) is 5.22. The van der Waals surface area contributed by atoms with Crippen molar-refractivity contribution in [3.63, 3.8) is 0 Å². The molecule has 144 valence electrons. The van der Waals surface area contributed by atoms with Gasteiger partial charge in [0.1, 0.15) is 6.04 Å². The number of nitrogens with zero attached hydrogens (tertiary/aromatic N) is 2. The normalized spacial score (nSPS) is 20.2. The van der Waals surface area contributed by atoms with Crippen molar-refractivity contribution in [1.82, 2.24) is 15.1 Å². The molecule has 2 fully saturated rings. The lowest BCUT2D eigenvalue weighted by Crippen LogP contribution is -2.53. The molecule has 1 saturated carbocycles. The molecule has 7 nitrogen and oxygen atoms in total. The summed E-state index contributed by atoms with van der Waals surface area (Å²) in [6.07, 6.45) is 7.32. The first kappa shape index (κ1) is 20.0. The van der Waals surface area contributed by atoms with E-state index in [9.17, 15) is 14.7 Å². The summed E-state index contributed by atoms with van der Waals surface area (Å²) in [4.78, 5) is 28.3. The van der Waals surface area contributed by atoms with Gasteiger partial charge in [0.15, 0.2) is 0 Å². The molecule has 7 heteroatoms. The van der Waals surface area contributed by atoms with Gasteiger partial charge in [-0.05, 0) is 19.3 Å². The molecule has 0 radical (unpaired) electrons. The van der Waals surface area contributed by atoms with Gasteiger partial charge in [0.05, 0.1) is 19.8 Å². The van der Waals surface area contributed by atoms with Crippen molar-refractivity contribution in [2.45, 2.75) is 51.5 Å². The second-order valence-corrected chi connectivity index (χ2v) is 7.11. The monoisotopic (exact) mass is 355 g/mol. The van der Waals surface area contributed by atoms with Crippen molar-refractivity contribution >= 4 is 11.9 Å². The molecular formula is C18H33N3O4. The first-order valence-corrected chi connectivity index (χ1v) is 9.64. The number of hydrogen-bond donors (Lipinski definition) is 2. The quantitative estimate of drug-likeness (QED) is 0.719. The van der Waals surface area contributed by atoms with Gasteiger partial charge >= 0.3 is 6.03 Å². The molecule has 1 saturated heterocycles. The van der Waals surface area contributed by atoms with Crippen LogP contribution in [0.5, 0.6) is 0 Å². The van der Waals surface area contributed by atoms with E-state index in [4.69, 9.17) is 4.74 Å². The number of amides is 3. The molecule has 1 heterocycles. The molecule has 1 aliphatic carbocycles. The van der Waals surface area contributed by atoms with E-state index in [1.165, 1.54) is 32.1 Å². The number of urea groups is 1. The minimum atomic E-state index is -0.568. The van der Waals surface area contributed by atoms with E-state index in [0.29, 0.717) is 45.3 Å². The number of carbonyl (C=O) groups excluding carboxylic acids is 2. The third kappa shape index (κ3) is 6.47. The Morgan fingerprint density at radius 2 is 1.88 bits per heavy atom. The summed E-state index contributed by atoms with van der Waals surface area (Å²) in [5.74, 6) is 0.600. The molecule has 25 heavy (non-hydrogen) atoms. The first-order valence-electron chi connectivity index (χ1n) is 9.64. The van der Waals surface area contributed by atoms with Gasteiger partial charge in [0, 0.05) is 26.2 Å². The van der Waals surface area contributed by atoms with E-state index < -0.39 is 6.04 Å². The molecule has 2 aliphatic rings. The molecule has 0 aromatic heterocycles. The first-order chi connectivity index (χ1) is 12.1. The van der Waals surface area contributed by atoms with Crippen LogP contribution in [-0.4, -0.2) is 78.9 Å². The van der Waals surface area contributed by atoms with Crippen LogP contribution in [0, 0.1) is 5.92 Å². The smallest absolute Gasteiger partial charge is 0.318 e. The second-order valence-electron chi connectivity index (χ2n) is 7.11. The Kier molecular flexibility index (Phi) is 8.48. The molecule has 1 unspecified atom stereocenters. The SMILES string of the molecule is CC(NC(=O)N(CCO)CCC1CCCCC1)C(=O)N1CCOCC1. The summed E-state index contributed by atoms with van der Waals surface area (Å²) in [6.45, 7) is 4.82. The fraction of sp³-hybridized carbons (Fsp3) is 0.889. The lowest BCUT2D eigenvalue weighted by Gasteiger charge is -2.31. The Morgan fingerprint density at radius 1 is 1.20 bits per heavy atom. The number of aliphatic hydroxyl groups excluding tert-OH is 1. The highest BCUT2D eigenvalue weighted by atomic mass is 16.5. The minimum Gasteiger partial charge on any atom is -0.395 e. The summed E-state index contributed by atoms with van der Waals surface area (Å²) >= 11 is 0. The number of morpholine rings is 1. The number of carbonyl (C=O) groups is 2. The zero-order chi connectivity index (χ0) is 18.1. The van der Waals surface area contributed by atoms with E-state index in [2.05, 4.69) is 5.32 Å². The van der Waals surface area contributed by atoms with Crippen LogP contribution in [0.1, 0.15) is 45.4 Å². The predicted molar refractivity (Wildman–Crippen MR) is 95.2 cm³/mol. The second kappa shape index (κ2) is 10.6. The zero-order valence-corrected chi connectivity index (χ0v) is 15.4. The van der Waals surface area contributed by atoms with Crippen molar-refractivity contribution in [3.8, 4) is 0 Å². The summed E-state index contributed by atoms with van der Waals surface area (Å²) in [5.41, 5.74) is 0. The van der Waals surface area contributed by atoms with Crippen LogP contribution in [0.15, 0.2) is 0 Å². The van der Waals surface area contributed by atoms with Gasteiger partial charge in [-0.25, -0.2) is 4.79 Å². The maximum absolute atomic E-state index is 12.5. The molecule has 2 N–H and O–H groups in total. The average Bonchev–Trinajstić information content (AvgIpc) is 2.65. The van der Waals surface area contributed by atoms with Crippen molar-refractivity contribution in [1.29, 1.82) is 0 Å². The molecule has 2 rings (SSSR count).